The lowest BCUT2D eigenvalue weighted by molar-refractivity contribution is -0.133. The molecule has 0 unspecified atom stereocenters. The van der Waals surface area contributed by atoms with Crippen LogP contribution in [0.1, 0.15) is 5.82 Å². The summed E-state index contributed by atoms with van der Waals surface area (Å²) in [5.74, 6) is -0.229. The molecule has 2 heterocycles. The first-order chi connectivity index (χ1) is 10.2. The summed E-state index contributed by atoms with van der Waals surface area (Å²) in [7, 11) is 0. The van der Waals surface area contributed by atoms with Crippen molar-refractivity contribution in [3.8, 4) is 5.69 Å². The van der Waals surface area contributed by atoms with Crippen LogP contribution in [0, 0.1) is 6.92 Å². The number of nitrogens with zero attached hydrogens (tertiary/aromatic N) is 4. The lowest BCUT2D eigenvalue weighted by Gasteiger charge is -2.10. The van der Waals surface area contributed by atoms with Crippen LogP contribution in [0.2, 0.25) is 0 Å². The summed E-state index contributed by atoms with van der Waals surface area (Å²) < 4.78 is 1.86. The van der Waals surface area contributed by atoms with E-state index in [1.54, 1.807) is 6.20 Å². The number of hydrogen-bond acceptors (Lipinski definition) is 5. The van der Waals surface area contributed by atoms with Gasteiger partial charge in [-0.15, -0.1) is 10.2 Å². The first-order valence-electron chi connectivity index (χ1n) is 6.27. The molecule has 0 amide bonds. The second-order valence-electron chi connectivity index (χ2n) is 4.39. The Bertz CT molecular complexity index is 810. The topological polar surface area (TPSA) is 80.9 Å². The average Bonchev–Trinajstić information content (AvgIpc) is 2.85. The number of thioether (sulfide) groups is 1. The quantitative estimate of drug-likeness (QED) is 0.745. The Balaban J connectivity index is 2.14. The standard InChI is InChI=1S/C14H12N4O2S/c1-9-16-17-14(21-8-13(19)20)18(9)12-6-2-5-11-10(12)4-3-7-15-11/h2-7H,8H2,1H3,(H,19,20). The molecule has 1 N–H and O–H groups in total. The fourth-order valence-electron chi connectivity index (χ4n) is 2.12. The van der Waals surface area contributed by atoms with Gasteiger partial charge < -0.3 is 5.11 Å². The molecule has 0 saturated heterocycles. The van der Waals surface area contributed by atoms with Crippen molar-refractivity contribution < 1.29 is 9.90 Å². The van der Waals surface area contributed by atoms with E-state index < -0.39 is 5.97 Å². The summed E-state index contributed by atoms with van der Waals surface area (Å²) in [6.45, 7) is 1.84. The van der Waals surface area contributed by atoms with Gasteiger partial charge in [-0.25, -0.2) is 0 Å². The van der Waals surface area contributed by atoms with E-state index in [1.165, 1.54) is 0 Å². The van der Waals surface area contributed by atoms with Crippen LogP contribution in [-0.4, -0.2) is 36.6 Å². The Hall–Kier alpha value is -2.41. The maximum absolute atomic E-state index is 10.8. The number of carbonyl (C=O) groups is 1. The molecule has 0 fully saturated rings. The Labute approximate surface area is 124 Å². The van der Waals surface area contributed by atoms with E-state index in [2.05, 4.69) is 15.2 Å². The third-order valence-corrected chi connectivity index (χ3v) is 3.90. The van der Waals surface area contributed by atoms with Gasteiger partial charge in [0, 0.05) is 11.6 Å². The van der Waals surface area contributed by atoms with Crippen molar-refractivity contribution in [2.24, 2.45) is 0 Å². The largest absolute Gasteiger partial charge is 0.481 e. The first kappa shape index (κ1) is 13.6. The summed E-state index contributed by atoms with van der Waals surface area (Å²) in [6.07, 6.45) is 1.74. The predicted molar refractivity (Wildman–Crippen MR) is 79.8 cm³/mol. The van der Waals surface area contributed by atoms with Gasteiger partial charge in [-0.2, -0.15) is 0 Å². The van der Waals surface area contributed by atoms with Gasteiger partial charge in [-0.1, -0.05) is 17.8 Å². The third-order valence-electron chi connectivity index (χ3n) is 2.98. The minimum Gasteiger partial charge on any atom is -0.481 e. The van der Waals surface area contributed by atoms with Gasteiger partial charge >= 0.3 is 5.97 Å². The minimum absolute atomic E-state index is 0.0544. The van der Waals surface area contributed by atoms with Crippen LogP contribution in [0.15, 0.2) is 41.7 Å². The number of benzene rings is 1. The number of aryl methyl sites for hydroxylation is 1. The third kappa shape index (κ3) is 2.59. The molecule has 0 saturated carbocycles. The molecule has 0 spiro atoms. The second-order valence-corrected chi connectivity index (χ2v) is 5.34. The van der Waals surface area contributed by atoms with Crippen molar-refractivity contribution in [1.29, 1.82) is 0 Å². The van der Waals surface area contributed by atoms with Crippen LogP contribution in [0.3, 0.4) is 0 Å². The van der Waals surface area contributed by atoms with Crippen LogP contribution in [0.5, 0.6) is 0 Å². The number of pyridine rings is 1. The number of aliphatic carboxylic acids is 1. The lowest BCUT2D eigenvalue weighted by atomic mass is 10.2. The van der Waals surface area contributed by atoms with Crippen LogP contribution in [-0.2, 0) is 4.79 Å². The second kappa shape index (κ2) is 5.53. The van der Waals surface area contributed by atoms with Gasteiger partial charge in [-0.3, -0.25) is 14.3 Å². The predicted octanol–water partition coefficient (Wildman–Crippen LogP) is 2.30. The molecule has 0 aliphatic rings. The highest BCUT2D eigenvalue weighted by Crippen LogP contribution is 2.26. The van der Waals surface area contributed by atoms with E-state index in [1.807, 2.05) is 41.8 Å². The van der Waals surface area contributed by atoms with Crippen molar-refractivity contribution in [3.63, 3.8) is 0 Å². The van der Waals surface area contributed by atoms with Crippen molar-refractivity contribution in [2.45, 2.75) is 12.1 Å². The number of carboxylic acid groups (broad SMARTS) is 1. The Morgan fingerprint density at radius 1 is 1.29 bits per heavy atom. The van der Waals surface area contributed by atoms with Gasteiger partial charge in [0.2, 0.25) is 0 Å². The highest BCUT2D eigenvalue weighted by molar-refractivity contribution is 7.99. The van der Waals surface area contributed by atoms with E-state index in [0.29, 0.717) is 11.0 Å². The molecular weight excluding hydrogens is 288 g/mol. The first-order valence-corrected chi connectivity index (χ1v) is 7.26. The Morgan fingerprint density at radius 3 is 2.95 bits per heavy atom. The fourth-order valence-corrected chi connectivity index (χ4v) is 2.83. The zero-order chi connectivity index (χ0) is 14.8. The summed E-state index contributed by atoms with van der Waals surface area (Å²) in [5, 5.41) is 18.5. The molecule has 6 nitrogen and oxygen atoms in total. The molecule has 0 bridgehead atoms. The number of fused-ring (bicyclic) bond motifs is 1. The smallest absolute Gasteiger partial charge is 0.313 e. The molecule has 0 aliphatic carbocycles. The molecule has 0 radical (unpaired) electrons. The molecule has 1 aromatic carbocycles. The van der Waals surface area contributed by atoms with Gasteiger partial charge in [0.25, 0.3) is 0 Å². The number of carboxylic acids is 1. The van der Waals surface area contributed by atoms with Crippen LogP contribution >= 0.6 is 11.8 Å². The van der Waals surface area contributed by atoms with Gasteiger partial charge in [-0.05, 0) is 31.2 Å². The highest BCUT2D eigenvalue weighted by atomic mass is 32.2. The van der Waals surface area contributed by atoms with Gasteiger partial charge in [0.15, 0.2) is 5.16 Å². The van der Waals surface area contributed by atoms with E-state index in [-0.39, 0.29) is 5.75 Å². The normalized spacial score (nSPS) is 10.9. The Morgan fingerprint density at radius 2 is 2.14 bits per heavy atom. The minimum atomic E-state index is -0.883. The highest BCUT2D eigenvalue weighted by Gasteiger charge is 2.14. The molecule has 21 heavy (non-hydrogen) atoms. The summed E-state index contributed by atoms with van der Waals surface area (Å²) in [5.41, 5.74) is 1.77. The summed E-state index contributed by atoms with van der Waals surface area (Å²) in [6, 6.07) is 9.64. The molecule has 0 atom stereocenters. The molecule has 106 valence electrons. The monoisotopic (exact) mass is 300 g/mol. The van der Waals surface area contributed by atoms with E-state index in [9.17, 15) is 4.79 Å². The van der Waals surface area contributed by atoms with E-state index in [0.717, 1.165) is 28.4 Å². The fraction of sp³-hybridized carbons (Fsp3) is 0.143. The maximum atomic E-state index is 10.8. The molecular formula is C14H12N4O2S. The summed E-state index contributed by atoms with van der Waals surface area (Å²) in [4.78, 5) is 15.1. The van der Waals surface area contributed by atoms with Crippen molar-refractivity contribution in [3.05, 3.63) is 42.4 Å². The Kier molecular flexibility index (Phi) is 3.57. The zero-order valence-electron chi connectivity index (χ0n) is 11.2. The number of rotatable bonds is 4. The summed E-state index contributed by atoms with van der Waals surface area (Å²) >= 11 is 1.15. The van der Waals surface area contributed by atoms with E-state index in [4.69, 9.17) is 5.11 Å². The SMILES string of the molecule is Cc1nnc(SCC(=O)O)n1-c1cccc2ncccc12. The van der Waals surface area contributed by atoms with Crippen molar-refractivity contribution in [1.82, 2.24) is 19.7 Å². The maximum Gasteiger partial charge on any atom is 0.313 e. The number of aromatic nitrogens is 4. The number of hydrogen-bond donors (Lipinski definition) is 1. The van der Waals surface area contributed by atoms with Crippen molar-refractivity contribution >= 4 is 28.6 Å². The average molecular weight is 300 g/mol. The molecule has 3 aromatic rings. The lowest BCUT2D eigenvalue weighted by Crippen LogP contribution is -2.03. The van der Waals surface area contributed by atoms with Gasteiger partial charge in [0.1, 0.15) is 5.82 Å². The zero-order valence-corrected chi connectivity index (χ0v) is 12.0. The molecule has 3 rings (SSSR count). The van der Waals surface area contributed by atoms with Crippen LogP contribution < -0.4 is 0 Å². The molecule has 7 heteroatoms. The van der Waals surface area contributed by atoms with Gasteiger partial charge in [0.05, 0.1) is 17.0 Å². The molecule has 2 aromatic heterocycles. The molecule has 0 aliphatic heterocycles. The van der Waals surface area contributed by atoms with Crippen LogP contribution in [0.25, 0.3) is 16.6 Å². The van der Waals surface area contributed by atoms with Crippen molar-refractivity contribution in [2.75, 3.05) is 5.75 Å². The van der Waals surface area contributed by atoms with Crippen LogP contribution in [0.4, 0.5) is 0 Å². The van der Waals surface area contributed by atoms with E-state index >= 15 is 0 Å².